The number of nitrogens with zero attached hydrogens (tertiary/aromatic N) is 4. The lowest BCUT2D eigenvalue weighted by molar-refractivity contribution is 0.449. The molecule has 2 heterocycles. The highest BCUT2D eigenvalue weighted by atomic mass is 127. The molecule has 0 spiro atoms. The van der Waals surface area contributed by atoms with Crippen LogP contribution in [0.1, 0.15) is 33.4 Å². The van der Waals surface area contributed by atoms with Gasteiger partial charge < -0.3 is 0 Å². The zero-order valence-electron chi connectivity index (χ0n) is 32.2. The highest BCUT2D eigenvalue weighted by molar-refractivity contribution is 14.1. The molecule has 0 aliphatic carbocycles. The predicted molar refractivity (Wildman–Crippen MR) is 247 cm³/mol. The number of alkyl halides is 3. The van der Waals surface area contributed by atoms with E-state index in [2.05, 4.69) is 96.4 Å². The highest BCUT2D eigenvalue weighted by Crippen LogP contribution is 2.39. The molecule has 0 N–H and O–H groups in total. The molecule has 0 fully saturated rings. The van der Waals surface area contributed by atoms with E-state index in [9.17, 15) is 35.1 Å². The molecule has 0 amide bonds. The van der Waals surface area contributed by atoms with Crippen LogP contribution in [0.4, 0.5) is 46.5 Å². The fourth-order valence-electron chi connectivity index (χ4n) is 6.57. The highest BCUT2D eigenvalue weighted by Gasteiger charge is 2.28. The SMILES string of the molecule is Cc1cncc(C)c1-c1cccc2cc3cccc(-c4c(C)cncc4C)c3cc12.ClC(Cl)Cl.Fc1c(F)c(N=Nc2c(F)c(F)c(C#CI)c(F)c2F)c(F)c(F)c1C#CI. The van der Waals surface area contributed by atoms with Crippen LogP contribution < -0.4 is 0 Å². The van der Waals surface area contributed by atoms with Gasteiger partial charge in [0.25, 0.3) is 0 Å². The van der Waals surface area contributed by atoms with E-state index >= 15 is 0 Å². The van der Waals surface area contributed by atoms with Gasteiger partial charge in [-0.05, 0) is 126 Å². The minimum absolute atomic E-state index is 0.750. The zero-order valence-corrected chi connectivity index (χ0v) is 38.8. The first-order chi connectivity index (χ1) is 29.4. The molecule has 62 heavy (non-hydrogen) atoms. The summed E-state index contributed by atoms with van der Waals surface area (Å²) in [5.74, 6) is -12.5. The lowest BCUT2D eigenvalue weighted by atomic mass is 9.89. The Bertz CT molecular complexity index is 2760. The average molecular weight is 1130 g/mol. The minimum atomic E-state index is -2.08. The summed E-state index contributed by atoms with van der Waals surface area (Å²) in [6.07, 6.45) is 7.82. The third-order valence-electron chi connectivity index (χ3n) is 9.14. The van der Waals surface area contributed by atoms with Crippen LogP contribution in [0.15, 0.2) is 83.5 Å². The standard InChI is InChI=1S/C28H24N2.C16F8I2N2.CHCl3/c1-17-13-29-14-18(2)27(17)23-9-5-7-21-11-22-8-6-10-24(26(22)12-25(21)23)28-19(3)15-30-16-20(28)4;17-7-5(1-3-25)8(18)12(22)15(11(7)21)27-28-16-13(23)9(19)6(2-4-26)10(20)14(16)24;2-1(3)4/h5-16H,1-4H3;;1H. The van der Waals surface area contributed by atoms with Crippen LogP contribution in [0.25, 0.3) is 43.8 Å². The summed E-state index contributed by atoms with van der Waals surface area (Å²) in [5.41, 5.74) is 3.98. The van der Waals surface area contributed by atoms with Crippen molar-refractivity contribution in [2.24, 2.45) is 10.2 Å². The fraction of sp³-hybridized carbons (Fsp3) is 0.111. The van der Waals surface area contributed by atoms with Crippen molar-refractivity contribution in [3.63, 3.8) is 0 Å². The minimum Gasteiger partial charge on any atom is -0.264 e. The molecule has 0 bridgehead atoms. The first-order valence-electron chi connectivity index (χ1n) is 17.5. The van der Waals surface area contributed by atoms with Gasteiger partial charge in [0.1, 0.15) is 11.1 Å². The second kappa shape index (κ2) is 21.2. The van der Waals surface area contributed by atoms with E-state index in [1.54, 1.807) is 11.8 Å². The quantitative estimate of drug-likeness (QED) is 0.0335. The fourth-order valence-corrected chi connectivity index (χ4v) is 7.11. The maximum atomic E-state index is 13.9. The molecule has 4 nitrogen and oxygen atoms in total. The molecule has 7 rings (SSSR count). The first-order valence-corrected chi connectivity index (χ1v) is 21.0. The topological polar surface area (TPSA) is 50.5 Å². The van der Waals surface area contributed by atoms with Crippen molar-refractivity contribution in [3.05, 3.63) is 153 Å². The van der Waals surface area contributed by atoms with Crippen LogP contribution in [0.2, 0.25) is 0 Å². The molecule has 2 aromatic heterocycles. The van der Waals surface area contributed by atoms with Gasteiger partial charge >= 0.3 is 0 Å². The summed E-state index contributed by atoms with van der Waals surface area (Å²) in [6.45, 7) is 8.57. The van der Waals surface area contributed by atoms with Crippen molar-refractivity contribution < 1.29 is 35.1 Å². The Labute approximate surface area is 392 Å². The Morgan fingerprint density at radius 3 is 1.10 bits per heavy atom. The van der Waals surface area contributed by atoms with Gasteiger partial charge in [0.2, 0.25) is 0 Å². The maximum absolute atomic E-state index is 13.9. The van der Waals surface area contributed by atoms with E-state index < -0.39 is 73.3 Å². The summed E-state index contributed by atoms with van der Waals surface area (Å²) < 4.78 is 114. The molecular formula is C45H25Cl3F8I2N4. The van der Waals surface area contributed by atoms with Gasteiger partial charge in [-0.2, -0.15) is 0 Å². The monoisotopic (exact) mass is 1130 g/mol. The number of aryl methyl sites for hydroxylation is 4. The van der Waals surface area contributed by atoms with Crippen LogP contribution in [0, 0.1) is 93.9 Å². The lowest BCUT2D eigenvalue weighted by Crippen LogP contribution is -2.01. The van der Waals surface area contributed by atoms with Crippen LogP contribution in [-0.2, 0) is 0 Å². The Balaban J connectivity index is 0.000000216. The van der Waals surface area contributed by atoms with E-state index in [0.29, 0.717) is 0 Å². The molecule has 0 unspecified atom stereocenters. The van der Waals surface area contributed by atoms with E-state index in [0.717, 1.165) is 0 Å². The normalized spacial score (nSPS) is 10.8. The van der Waals surface area contributed by atoms with Crippen molar-refractivity contribution in [2.75, 3.05) is 0 Å². The summed E-state index contributed by atoms with van der Waals surface area (Å²) in [5, 5.41) is 10.4. The van der Waals surface area contributed by atoms with Crippen molar-refractivity contribution in [3.8, 4) is 41.9 Å². The van der Waals surface area contributed by atoms with Crippen molar-refractivity contribution in [2.45, 2.75) is 32.0 Å². The lowest BCUT2D eigenvalue weighted by Gasteiger charge is -2.16. The van der Waals surface area contributed by atoms with Gasteiger partial charge in [-0.25, -0.2) is 35.1 Å². The van der Waals surface area contributed by atoms with Crippen molar-refractivity contribution in [1.29, 1.82) is 0 Å². The molecule has 7 aromatic rings. The van der Waals surface area contributed by atoms with Crippen LogP contribution in [-0.4, -0.2) is 14.3 Å². The Hall–Kier alpha value is -4.59. The number of pyridine rings is 2. The first kappa shape index (κ1) is 48.4. The molecule has 0 saturated carbocycles. The van der Waals surface area contributed by atoms with Crippen molar-refractivity contribution >= 4 is 113 Å². The molecule has 0 radical (unpaired) electrons. The number of benzene rings is 5. The van der Waals surface area contributed by atoms with Gasteiger partial charge in [-0.1, -0.05) is 71.2 Å². The van der Waals surface area contributed by atoms with Crippen molar-refractivity contribution in [1.82, 2.24) is 9.97 Å². The predicted octanol–water partition coefficient (Wildman–Crippen LogP) is 16.0. The van der Waals surface area contributed by atoms with Gasteiger partial charge in [0, 0.05) is 70.0 Å². The number of hydrogen-bond donors (Lipinski definition) is 0. The molecule has 0 aliphatic rings. The van der Waals surface area contributed by atoms with Gasteiger partial charge in [0.05, 0.1) is 0 Å². The van der Waals surface area contributed by atoms with E-state index in [1.165, 1.54) is 111 Å². The van der Waals surface area contributed by atoms with Crippen LogP contribution in [0.5, 0.6) is 0 Å². The Kier molecular flexibility index (Phi) is 16.6. The second-order valence-electron chi connectivity index (χ2n) is 13.0. The smallest absolute Gasteiger partial charge is 0.190 e. The summed E-state index contributed by atoms with van der Waals surface area (Å²) in [7, 11) is 0. The Morgan fingerprint density at radius 1 is 0.500 bits per heavy atom. The zero-order chi connectivity index (χ0) is 45.6. The molecule has 0 aliphatic heterocycles. The summed E-state index contributed by atoms with van der Waals surface area (Å²) >= 11 is 17.1. The maximum Gasteiger partial charge on any atom is 0.190 e. The molecule has 0 saturated heterocycles. The summed E-state index contributed by atoms with van der Waals surface area (Å²) in [6, 6.07) is 17.9. The van der Waals surface area contributed by atoms with Gasteiger partial charge in [0.15, 0.2) is 62.2 Å². The second-order valence-corrected chi connectivity index (χ2v) is 16.1. The Morgan fingerprint density at radius 2 is 0.806 bits per heavy atom. The number of hydrogen-bond acceptors (Lipinski definition) is 4. The molecule has 17 heteroatoms. The number of halogens is 13. The van der Waals surface area contributed by atoms with Crippen LogP contribution in [0.3, 0.4) is 0 Å². The molecule has 316 valence electrons. The third-order valence-corrected chi connectivity index (χ3v) is 9.68. The van der Waals surface area contributed by atoms with E-state index in [1.807, 2.05) is 32.6 Å². The molecule has 5 aromatic carbocycles. The number of aromatic nitrogens is 2. The molecule has 0 atom stereocenters. The largest absolute Gasteiger partial charge is 0.264 e. The average Bonchev–Trinajstić information content (AvgIpc) is 3.23. The van der Waals surface area contributed by atoms with Crippen LogP contribution >= 0.6 is 80.0 Å². The number of azo groups is 1. The number of fused-ring (bicyclic) bond motifs is 2. The third kappa shape index (κ3) is 10.3. The number of rotatable bonds is 4. The molecular weight excluding hydrogens is 1110 g/mol. The van der Waals surface area contributed by atoms with E-state index in [-0.39, 0.29) is 0 Å². The van der Waals surface area contributed by atoms with Gasteiger partial charge in [-0.15, -0.1) is 10.2 Å². The van der Waals surface area contributed by atoms with E-state index in [4.69, 9.17) is 34.8 Å². The van der Waals surface area contributed by atoms with Gasteiger partial charge in [-0.3, -0.25) is 9.97 Å². The summed E-state index contributed by atoms with van der Waals surface area (Å²) in [4.78, 5) is 8.73.